The number of aliphatic hydroxyl groups excluding tert-OH is 2. The van der Waals surface area contributed by atoms with Gasteiger partial charge in [0.1, 0.15) is 0 Å². The quantitative estimate of drug-likeness (QED) is 0.349. The zero-order chi connectivity index (χ0) is 21.5. The first kappa shape index (κ1) is 22.8. The van der Waals surface area contributed by atoms with E-state index < -0.39 is 0 Å². The zero-order valence-electron chi connectivity index (χ0n) is 19.0. The molecule has 3 aliphatic rings. The van der Waals surface area contributed by atoms with Gasteiger partial charge >= 0.3 is 0 Å². The maximum absolute atomic E-state index is 10.6. The first-order chi connectivity index (χ1) is 15.2. The number of fused-ring (bicyclic) bond motifs is 1. The Bertz CT molecular complexity index is 722. The smallest absolute Gasteiger partial charge is 0.0749 e. The van der Waals surface area contributed by atoms with E-state index >= 15 is 0 Å². The van der Waals surface area contributed by atoms with Crippen LogP contribution in [0.1, 0.15) is 69.8 Å². The molecule has 5 atom stereocenters. The topological polar surface area (TPSA) is 52.5 Å². The molecule has 1 aromatic carbocycles. The molecule has 0 saturated heterocycles. The van der Waals surface area contributed by atoms with Crippen molar-refractivity contribution in [1.29, 1.82) is 0 Å². The number of unbranched alkanes of at least 4 members (excludes halogenated alkanes) is 2. The van der Waals surface area contributed by atoms with Crippen LogP contribution in [0.25, 0.3) is 0 Å². The molecule has 0 aliphatic heterocycles. The molecule has 0 aromatic heterocycles. The lowest BCUT2D eigenvalue weighted by Gasteiger charge is -2.19. The van der Waals surface area contributed by atoms with Gasteiger partial charge in [-0.05, 0) is 81.2 Å². The van der Waals surface area contributed by atoms with Crippen LogP contribution in [0, 0.1) is 23.7 Å². The van der Waals surface area contributed by atoms with Gasteiger partial charge in [0.15, 0.2) is 0 Å². The molecule has 3 aliphatic carbocycles. The van der Waals surface area contributed by atoms with E-state index in [1.54, 1.807) is 5.57 Å². The van der Waals surface area contributed by atoms with E-state index in [-0.39, 0.29) is 18.1 Å². The standard InChI is InChI=1S/C28H41NO2/c30-27(23-12-6-7-13-23)15-14-25-26-18-22(17-24(26)19-28(25)31)11-5-2-8-16-29-20-21-9-3-1-4-10-21/h1,3-4,9-11,14-15,23-31H,2,5-8,12-13,16-20H2/t24-,25+,26-,27+,28+/m0/s1. The molecule has 0 heterocycles. The van der Waals surface area contributed by atoms with Gasteiger partial charge in [-0.2, -0.15) is 0 Å². The summed E-state index contributed by atoms with van der Waals surface area (Å²) in [4.78, 5) is 0. The molecule has 4 rings (SSSR count). The molecule has 0 unspecified atom stereocenters. The van der Waals surface area contributed by atoms with Crippen LogP contribution in [0.3, 0.4) is 0 Å². The van der Waals surface area contributed by atoms with Crippen molar-refractivity contribution in [2.24, 2.45) is 23.7 Å². The summed E-state index contributed by atoms with van der Waals surface area (Å²) in [6.07, 6.45) is 17.8. The molecule has 1 aromatic rings. The van der Waals surface area contributed by atoms with Crippen LogP contribution in [0.2, 0.25) is 0 Å². The van der Waals surface area contributed by atoms with E-state index in [1.165, 1.54) is 44.1 Å². The summed E-state index contributed by atoms with van der Waals surface area (Å²) in [6.45, 7) is 2.03. The highest BCUT2D eigenvalue weighted by atomic mass is 16.3. The summed E-state index contributed by atoms with van der Waals surface area (Å²) in [7, 11) is 0. The Labute approximate surface area is 188 Å². The van der Waals surface area contributed by atoms with Gasteiger partial charge in [0.25, 0.3) is 0 Å². The van der Waals surface area contributed by atoms with Gasteiger partial charge in [0.05, 0.1) is 12.2 Å². The van der Waals surface area contributed by atoms with Crippen molar-refractivity contribution >= 4 is 0 Å². The SMILES string of the molecule is O[C@H](C=C[C@@H]1[C@H]2CC(=CCCCCNCc3ccccc3)C[C@H]2C[C@H]1O)C1CCCC1. The largest absolute Gasteiger partial charge is 0.392 e. The second-order valence-corrected chi connectivity index (χ2v) is 10.2. The fourth-order valence-electron chi connectivity index (χ4n) is 6.17. The van der Waals surface area contributed by atoms with Crippen LogP contribution in [0.4, 0.5) is 0 Å². The Hall–Kier alpha value is -1.42. The first-order valence-corrected chi connectivity index (χ1v) is 12.7. The van der Waals surface area contributed by atoms with E-state index in [0.717, 1.165) is 38.8 Å². The number of rotatable bonds is 10. The van der Waals surface area contributed by atoms with Crippen LogP contribution in [0.15, 0.2) is 54.1 Å². The second-order valence-electron chi connectivity index (χ2n) is 10.2. The van der Waals surface area contributed by atoms with Crippen molar-refractivity contribution in [3.05, 3.63) is 59.7 Å². The minimum Gasteiger partial charge on any atom is -0.392 e. The van der Waals surface area contributed by atoms with E-state index in [9.17, 15) is 10.2 Å². The molecule has 3 nitrogen and oxygen atoms in total. The average molecular weight is 424 g/mol. The highest BCUT2D eigenvalue weighted by Gasteiger charge is 2.45. The molecule has 3 saturated carbocycles. The monoisotopic (exact) mass is 423 g/mol. The number of allylic oxidation sites excluding steroid dienone is 2. The highest BCUT2D eigenvalue weighted by Crippen LogP contribution is 2.50. The average Bonchev–Trinajstić information content (AvgIpc) is 3.50. The summed E-state index contributed by atoms with van der Waals surface area (Å²) >= 11 is 0. The summed E-state index contributed by atoms with van der Waals surface area (Å²) in [5.74, 6) is 1.87. The third kappa shape index (κ3) is 6.31. The molecule has 170 valence electrons. The van der Waals surface area contributed by atoms with Crippen LogP contribution in [0.5, 0.6) is 0 Å². The zero-order valence-corrected chi connectivity index (χ0v) is 19.0. The molecular formula is C28H41NO2. The van der Waals surface area contributed by atoms with Crippen molar-refractivity contribution in [3.63, 3.8) is 0 Å². The predicted molar refractivity (Wildman–Crippen MR) is 128 cm³/mol. The predicted octanol–water partition coefficient (Wildman–Crippen LogP) is 5.39. The summed E-state index contributed by atoms with van der Waals surface area (Å²) in [5.41, 5.74) is 2.96. The Morgan fingerprint density at radius 1 is 1.06 bits per heavy atom. The summed E-state index contributed by atoms with van der Waals surface area (Å²) in [6, 6.07) is 10.6. The fourth-order valence-corrected chi connectivity index (χ4v) is 6.17. The Morgan fingerprint density at radius 3 is 2.68 bits per heavy atom. The van der Waals surface area contributed by atoms with Gasteiger partial charge in [0, 0.05) is 12.5 Å². The fraction of sp³-hybridized carbons (Fsp3) is 0.643. The van der Waals surface area contributed by atoms with Crippen molar-refractivity contribution in [3.8, 4) is 0 Å². The molecule has 3 N–H and O–H groups in total. The third-order valence-electron chi connectivity index (χ3n) is 7.94. The summed E-state index contributed by atoms with van der Waals surface area (Å²) in [5, 5.41) is 24.6. The Balaban J connectivity index is 1.16. The van der Waals surface area contributed by atoms with Gasteiger partial charge < -0.3 is 15.5 Å². The number of benzene rings is 1. The first-order valence-electron chi connectivity index (χ1n) is 12.7. The number of aliphatic hydroxyl groups is 2. The molecule has 0 bridgehead atoms. The van der Waals surface area contributed by atoms with Gasteiger partial charge in [-0.1, -0.05) is 67.0 Å². The van der Waals surface area contributed by atoms with Crippen LogP contribution in [-0.2, 0) is 6.54 Å². The molecule has 3 fully saturated rings. The minimum atomic E-state index is -0.319. The maximum Gasteiger partial charge on any atom is 0.0749 e. The van der Waals surface area contributed by atoms with E-state index in [0.29, 0.717) is 17.8 Å². The minimum absolute atomic E-state index is 0.223. The second kappa shape index (κ2) is 11.4. The lowest BCUT2D eigenvalue weighted by molar-refractivity contribution is 0.135. The third-order valence-corrected chi connectivity index (χ3v) is 7.94. The summed E-state index contributed by atoms with van der Waals surface area (Å²) < 4.78 is 0. The number of hydrogen-bond acceptors (Lipinski definition) is 3. The molecule has 3 heteroatoms. The van der Waals surface area contributed by atoms with Crippen LogP contribution in [-0.4, -0.2) is 29.0 Å². The lowest BCUT2D eigenvalue weighted by Crippen LogP contribution is -2.19. The number of nitrogens with one attached hydrogen (secondary N) is 1. The van der Waals surface area contributed by atoms with Crippen molar-refractivity contribution in [2.75, 3.05) is 6.54 Å². The van der Waals surface area contributed by atoms with Gasteiger partial charge in [-0.3, -0.25) is 0 Å². The molecular weight excluding hydrogens is 382 g/mol. The molecule has 0 spiro atoms. The highest BCUT2D eigenvalue weighted by molar-refractivity contribution is 5.18. The molecule has 0 radical (unpaired) electrons. The van der Waals surface area contributed by atoms with E-state index in [2.05, 4.69) is 47.8 Å². The van der Waals surface area contributed by atoms with Crippen molar-refractivity contribution in [2.45, 2.75) is 83.0 Å². The Morgan fingerprint density at radius 2 is 1.87 bits per heavy atom. The maximum atomic E-state index is 10.6. The molecule has 0 amide bonds. The van der Waals surface area contributed by atoms with Crippen molar-refractivity contribution in [1.82, 2.24) is 5.32 Å². The van der Waals surface area contributed by atoms with Gasteiger partial charge in [-0.15, -0.1) is 0 Å². The Kier molecular flexibility index (Phi) is 8.40. The van der Waals surface area contributed by atoms with Crippen molar-refractivity contribution < 1.29 is 10.2 Å². The van der Waals surface area contributed by atoms with Gasteiger partial charge in [-0.25, -0.2) is 0 Å². The molecule has 31 heavy (non-hydrogen) atoms. The normalized spacial score (nSPS) is 31.1. The van der Waals surface area contributed by atoms with E-state index in [1.807, 2.05) is 6.08 Å². The van der Waals surface area contributed by atoms with Crippen LogP contribution >= 0.6 is 0 Å². The van der Waals surface area contributed by atoms with Gasteiger partial charge in [0.2, 0.25) is 0 Å². The lowest BCUT2D eigenvalue weighted by atomic mass is 9.89. The number of hydrogen-bond donors (Lipinski definition) is 3. The van der Waals surface area contributed by atoms with E-state index in [4.69, 9.17) is 0 Å². The van der Waals surface area contributed by atoms with Crippen LogP contribution < -0.4 is 5.32 Å².